The number of aliphatic hydroxyl groups is 1. The molecule has 0 atom stereocenters. The molecule has 1 saturated carbocycles. The van der Waals surface area contributed by atoms with E-state index in [4.69, 9.17) is 5.11 Å². The summed E-state index contributed by atoms with van der Waals surface area (Å²) in [6.07, 6.45) is 3.80. The Bertz CT molecular complexity index is 553. The minimum absolute atomic E-state index is 0.000830. The van der Waals surface area contributed by atoms with E-state index < -0.39 is 22.4 Å². The van der Waals surface area contributed by atoms with E-state index in [-0.39, 0.29) is 16.5 Å². The Labute approximate surface area is 112 Å². The van der Waals surface area contributed by atoms with E-state index in [2.05, 4.69) is 0 Å². The van der Waals surface area contributed by atoms with Crippen LogP contribution in [0.25, 0.3) is 0 Å². The van der Waals surface area contributed by atoms with Crippen LogP contribution < -0.4 is 0 Å². The predicted octanol–water partition coefficient (Wildman–Crippen LogP) is 1.88. The van der Waals surface area contributed by atoms with Gasteiger partial charge in [-0.3, -0.25) is 0 Å². The number of hydrogen-bond donors (Lipinski definition) is 1. The highest BCUT2D eigenvalue weighted by Gasteiger charge is 2.30. The van der Waals surface area contributed by atoms with Crippen LogP contribution in [0.1, 0.15) is 31.2 Å². The molecule has 1 N–H and O–H groups in total. The minimum atomic E-state index is -3.62. The van der Waals surface area contributed by atoms with Gasteiger partial charge in [-0.25, -0.2) is 12.8 Å². The molecule has 0 radical (unpaired) electrons. The second kappa shape index (κ2) is 5.56. The lowest BCUT2D eigenvalue weighted by Gasteiger charge is -2.23. The molecule has 1 aromatic carbocycles. The molecule has 19 heavy (non-hydrogen) atoms. The van der Waals surface area contributed by atoms with Crippen LogP contribution >= 0.6 is 0 Å². The van der Waals surface area contributed by atoms with Gasteiger partial charge in [-0.1, -0.05) is 12.8 Å². The Morgan fingerprint density at radius 2 is 2.00 bits per heavy atom. The minimum Gasteiger partial charge on any atom is -0.392 e. The number of nitrogens with zero attached hydrogens (tertiary/aromatic N) is 1. The number of halogens is 1. The Hall–Kier alpha value is -0.980. The predicted molar refractivity (Wildman–Crippen MR) is 69.5 cm³/mol. The van der Waals surface area contributed by atoms with Gasteiger partial charge in [0.25, 0.3) is 0 Å². The first kappa shape index (κ1) is 14.4. The Morgan fingerprint density at radius 3 is 2.58 bits per heavy atom. The highest BCUT2D eigenvalue weighted by Crippen LogP contribution is 2.27. The molecule has 1 aromatic rings. The third kappa shape index (κ3) is 2.80. The summed E-state index contributed by atoms with van der Waals surface area (Å²) in [7, 11) is -2.05. The second-order valence-electron chi connectivity index (χ2n) is 4.87. The van der Waals surface area contributed by atoms with Crippen LogP contribution in [0.5, 0.6) is 0 Å². The van der Waals surface area contributed by atoms with Crippen LogP contribution in [0.3, 0.4) is 0 Å². The lowest BCUT2D eigenvalue weighted by atomic mass is 10.2. The van der Waals surface area contributed by atoms with E-state index >= 15 is 0 Å². The lowest BCUT2D eigenvalue weighted by molar-refractivity contribution is 0.275. The molecule has 106 valence electrons. The summed E-state index contributed by atoms with van der Waals surface area (Å²) in [5.74, 6) is -0.593. The van der Waals surface area contributed by atoms with Gasteiger partial charge in [0.2, 0.25) is 10.0 Å². The van der Waals surface area contributed by atoms with Gasteiger partial charge in [-0.15, -0.1) is 0 Å². The molecule has 0 heterocycles. The molecule has 0 aromatic heterocycles. The molecule has 2 rings (SSSR count). The fraction of sp³-hybridized carbons (Fsp3) is 0.538. The maximum absolute atomic E-state index is 13.3. The Balaban J connectivity index is 2.33. The standard InChI is InChI=1S/C13H18FNO3S/c1-15(11-4-2-3-5-11)19(17,18)12-6-7-13(14)10(8-12)9-16/h6-8,11,16H,2-5,9H2,1H3. The van der Waals surface area contributed by atoms with Crippen LogP contribution in [0.2, 0.25) is 0 Å². The SMILES string of the molecule is CN(C1CCCC1)S(=O)(=O)c1ccc(F)c(CO)c1. The van der Waals surface area contributed by atoms with Crippen molar-refractivity contribution in [3.8, 4) is 0 Å². The van der Waals surface area contributed by atoms with Crippen LogP contribution in [-0.4, -0.2) is 30.9 Å². The van der Waals surface area contributed by atoms with E-state index in [9.17, 15) is 12.8 Å². The second-order valence-corrected chi connectivity index (χ2v) is 6.87. The maximum Gasteiger partial charge on any atom is 0.243 e. The van der Waals surface area contributed by atoms with Crippen molar-refractivity contribution in [1.82, 2.24) is 4.31 Å². The molecule has 4 nitrogen and oxygen atoms in total. The summed E-state index contributed by atoms with van der Waals surface area (Å²) in [5, 5.41) is 9.01. The van der Waals surface area contributed by atoms with Crippen molar-refractivity contribution >= 4 is 10.0 Å². The molecule has 0 saturated heterocycles. The zero-order valence-corrected chi connectivity index (χ0v) is 11.7. The number of benzene rings is 1. The molecule has 1 fully saturated rings. The lowest BCUT2D eigenvalue weighted by Crippen LogP contribution is -2.35. The number of sulfonamides is 1. The molecule has 0 amide bonds. The van der Waals surface area contributed by atoms with Gasteiger partial charge >= 0.3 is 0 Å². The molecular formula is C13H18FNO3S. The molecule has 0 unspecified atom stereocenters. The van der Waals surface area contributed by atoms with Crippen LogP contribution in [0.15, 0.2) is 23.1 Å². The normalized spacial score (nSPS) is 17.3. The molecular weight excluding hydrogens is 269 g/mol. The average molecular weight is 287 g/mol. The fourth-order valence-electron chi connectivity index (χ4n) is 2.46. The first-order valence-electron chi connectivity index (χ1n) is 6.34. The average Bonchev–Trinajstić information content (AvgIpc) is 2.91. The van der Waals surface area contributed by atoms with Gasteiger partial charge in [-0.2, -0.15) is 4.31 Å². The van der Waals surface area contributed by atoms with Crippen LogP contribution in [0, 0.1) is 5.82 Å². The summed E-state index contributed by atoms with van der Waals surface area (Å²) in [6, 6.07) is 3.56. The van der Waals surface area contributed by atoms with E-state index in [1.54, 1.807) is 7.05 Å². The highest BCUT2D eigenvalue weighted by molar-refractivity contribution is 7.89. The van der Waals surface area contributed by atoms with Crippen molar-refractivity contribution in [2.45, 2.75) is 43.2 Å². The van der Waals surface area contributed by atoms with E-state index in [0.29, 0.717) is 0 Å². The van der Waals surface area contributed by atoms with Crippen molar-refractivity contribution in [2.75, 3.05) is 7.05 Å². The summed E-state index contributed by atoms with van der Waals surface area (Å²) in [6.45, 7) is -0.512. The fourth-order valence-corrected chi connectivity index (χ4v) is 3.93. The van der Waals surface area contributed by atoms with Gasteiger partial charge in [0, 0.05) is 18.7 Å². The van der Waals surface area contributed by atoms with Crippen molar-refractivity contribution in [3.63, 3.8) is 0 Å². The van der Waals surface area contributed by atoms with Crippen LogP contribution in [0.4, 0.5) is 4.39 Å². The van der Waals surface area contributed by atoms with E-state index in [1.165, 1.54) is 16.4 Å². The summed E-state index contributed by atoms with van der Waals surface area (Å²) < 4.78 is 39.5. The molecule has 0 bridgehead atoms. The van der Waals surface area contributed by atoms with Crippen molar-refractivity contribution in [2.24, 2.45) is 0 Å². The molecule has 0 spiro atoms. The van der Waals surface area contributed by atoms with Crippen molar-refractivity contribution in [3.05, 3.63) is 29.6 Å². The number of rotatable bonds is 4. The number of aliphatic hydroxyl groups excluding tert-OH is 1. The quantitative estimate of drug-likeness (QED) is 0.920. The largest absolute Gasteiger partial charge is 0.392 e. The number of hydrogen-bond acceptors (Lipinski definition) is 3. The topological polar surface area (TPSA) is 57.6 Å². The summed E-state index contributed by atoms with van der Waals surface area (Å²) in [5.41, 5.74) is 0.000830. The third-order valence-electron chi connectivity index (χ3n) is 3.70. The van der Waals surface area contributed by atoms with Gasteiger partial charge in [0.1, 0.15) is 5.82 Å². The Kier molecular flexibility index (Phi) is 4.23. The van der Waals surface area contributed by atoms with Gasteiger partial charge in [-0.05, 0) is 31.0 Å². The maximum atomic E-state index is 13.3. The Morgan fingerprint density at radius 1 is 1.37 bits per heavy atom. The van der Waals surface area contributed by atoms with Crippen molar-refractivity contribution < 1.29 is 17.9 Å². The third-order valence-corrected chi connectivity index (χ3v) is 5.61. The zero-order chi connectivity index (χ0) is 14.0. The molecule has 6 heteroatoms. The summed E-state index contributed by atoms with van der Waals surface area (Å²) in [4.78, 5) is 0.0346. The van der Waals surface area contributed by atoms with E-state index in [0.717, 1.165) is 31.7 Å². The van der Waals surface area contributed by atoms with Crippen molar-refractivity contribution in [1.29, 1.82) is 0 Å². The summed E-state index contributed by atoms with van der Waals surface area (Å²) >= 11 is 0. The molecule has 1 aliphatic rings. The molecule has 0 aliphatic heterocycles. The first-order valence-corrected chi connectivity index (χ1v) is 7.78. The molecule has 1 aliphatic carbocycles. The van der Waals surface area contributed by atoms with Gasteiger partial charge in [0.15, 0.2) is 0 Å². The van der Waals surface area contributed by atoms with Crippen LogP contribution in [-0.2, 0) is 16.6 Å². The highest BCUT2D eigenvalue weighted by atomic mass is 32.2. The van der Waals surface area contributed by atoms with Gasteiger partial charge in [0.05, 0.1) is 11.5 Å². The van der Waals surface area contributed by atoms with E-state index in [1.807, 2.05) is 0 Å². The van der Waals surface area contributed by atoms with Gasteiger partial charge < -0.3 is 5.11 Å². The zero-order valence-electron chi connectivity index (χ0n) is 10.8. The smallest absolute Gasteiger partial charge is 0.243 e. The first-order chi connectivity index (χ1) is 8.96. The monoisotopic (exact) mass is 287 g/mol.